The van der Waals surface area contributed by atoms with Crippen LogP contribution in [0.1, 0.15) is 23.0 Å². The fourth-order valence-corrected chi connectivity index (χ4v) is 2.11. The van der Waals surface area contributed by atoms with Gasteiger partial charge in [-0.15, -0.1) is 0 Å². The highest BCUT2D eigenvalue weighted by molar-refractivity contribution is 9.10. The smallest absolute Gasteiger partial charge is 0.255 e. The lowest BCUT2D eigenvalue weighted by atomic mass is 10.2. The molecular weight excluding hydrogens is 330 g/mol. The normalized spacial score (nSPS) is 10.3. The van der Waals surface area contributed by atoms with Crippen LogP contribution in [0.2, 0.25) is 5.15 Å². The molecule has 1 amide bonds. The second kappa shape index (κ2) is 6.12. The number of rotatable bonds is 3. The Kier molecular flexibility index (Phi) is 4.50. The van der Waals surface area contributed by atoms with Gasteiger partial charge >= 0.3 is 0 Å². The third-order valence-electron chi connectivity index (χ3n) is 2.49. The van der Waals surface area contributed by atoms with Crippen LogP contribution in [0.25, 0.3) is 0 Å². The summed E-state index contributed by atoms with van der Waals surface area (Å²) < 4.78 is 0.721. The first-order valence-corrected chi connectivity index (χ1v) is 6.84. The van der Waals surface area contributed by atoms with Crippen LogP contribution in [-0.2, 0) is 6.42 Å². The zero-order valence-corrected chi connectivity index (χ0v) is 12.5. The van der Waals surface area contributed by atoms with Gasteiger partial charge < -0.3 is 5.32 Å². The molecule has 6 heteroatoms. The van der Waals surface area contributed by atoms with E-state index >= 15 is 0 Å². The maximum Gasteiger partial charge on any atom is 0.255 e. The molecule has 2 heterocycles. The predicted molar refractivity (Wildman–Crippen MR) is 78.5 cm³/mol. The lowest BCUT2D eigenvalue weighted by molar-refractivity contribution is 0.102. The molecule has 0 fully saturated rings. The minimum absolute atomic E-state index is 0.231. The molecule has 0 saturated carbocycles. The lowest BCUT2D eigenvalue weighted by Gasteiger charge is -2.08. The molecule has 0 atom stereocenters. The number of nitrogens with zero attached hydrogens (tertiary/aromatic N) is 2. The Morgan fingerprint density at radius 1 is 1.47 bits per heavy atom. The van der Waals surface area contributed by atoms with Crippen molar-refractivity contribution in [3.05, 3.63) is 51.5 Å². The standard InChI is InChI=1S/C13H11BrClN3O/c1-2-9-5-8(6-12(15)17-9)13(19)18-11-3-4-16-7-10(11)14/h3-7H,2H2,1H3,(H,16,18,19). The van der Waals surface area contributed by atoms with Gasteiger partial charge in [0.15, 0.2) is 0 Å². The predicted octanol–water partition coefficient (Wildman–Crippen LogP) is 3.71. The Hall–Kier alpha value is -1.46. The number of amides is 1. The average molecular weight is 341 g/mol. The topological polar surface area (TPSA) is 54.9 Å². The Balaban J connectivity index is 2.25. The Morgan fingerprint density at radius 2 is 2.26 bits per heavy atom. The highest BCUT2D eigenvalue weighted by Crippen LogP contribution is 2.21. The van der Waals surface area contributed by atoms with Gasteiger partial charge in [-0.2, -0.15) is 0 Å². The summed E-state index contributed by atoms with van der Waals surface area (Å²) >= 11 is 9.22. The summed E-state index contributed by atoms with van der Waals surface area (Å²) in [5.41, 5.74) is 1.93. The SMILES string of the molecule is CCc1cc(C(=O)Nc2ccncc2Br)cc(Cl)n1. The van der Waals surface area contributed by atoms with Crippen LogP contribution in [0.3, 0.4) is 0 Å². The van der Waals surface area contributed by atoms with Gasteiger partial charge in [0, 0.05) is 23.7 Å². The number of hydrogen-bond donors (Lipinski definition) is 1. The third-order valence-corrected chi connectivity index (χ3v) is 3.32. The maximum absolute atomic E-state index is 12.1. The van der Waals surface area contributed by atoms with Crippen molar-refractivity contribution in [1.82, 2.24) is 9.97 Å². The monoisotopic (exact) mass is 339 g/mol. The Bertz CT molecular complexity index is 619. The van der Waals surface area contributed by atoms with Crippen LogP contribution in [0.15, 0.2) is 35.1 Å². The molecule has 19 heavy (non-hydrogen) atoms. The minimum atomic E-state index is -0.231. The van der Waals surface area contributed by atoms with E-state index in [0.29, 0.717) is 16.4 Å². The highest BCUT2D eigenvalue weighted by atomic mass is 79.9. The molecule has 0 saturated heterocycles. The number of aryl methyl sites for hydroxylation is 1. The fourth-order valence-electron chi connectivity index (χ4n) is 1.53. The summed E-state index contributed by atoms with van der Waals surface area (Å²) in [5, 5.41) is 3.11. The highest BCUT2D eigenvalue weighted by Gasteiger charge is 2.10. The van der Waals surface area contributed by atoms with Crippen molar-refractivity contribution in [2.24, 2.45) is 0 Å². The van der Waals surface area contributed by atoms with Crippen molar-refractivity contribution >= 4 is 39.1 Å². The number of carbonyl (C=O) groups is 1. The summed E-state index contributed by atoms with van der Waals surface area (Å²) in [6.45, 7) is 1.96. The van der Waals surface area contributed by atoms with E-state index in [2.05, 4.69) is 31.2 Å². The summed E-state index contributed by atoms with van der Waals surface area (Å²) in [6, 6.07) is 4.99. The number of anilines is 1. The van der Waals surface area contributed by atoms with Gasteiger partial charge in [0.1, 0.15) is 5.15 Å². The summed E-state index contributed by atoms with van der Waals surface area (Å²) in [7, 11) is 0. The molecule has 0 radical (unpaired) electrons. The molecule has 0 spiro atoms. The molecule has 0 aromatic carbocycles. The van der Waals surface area contributed by atoms with Crippen LogP contribution in [0, 0.1) is 0 Å². The molecule has 2 aromatic heterocycles. The van der Waals surface area contributed by atoms with Crippen molar-refractivity contribution in [3.63, 3.8) is 0 Å². The summed E-state index contributed by atoms with van der Waals surface area (Å²) in [5.74, 6) is -0.231. The van der Waals surface area contributed by atoms with E-state index in [4.69, 9.17) is 11.6 Å². The van der Waals surface area contributed by atoms with Crippen molar-refractivity contribution in [2.75, 3.05) is 5.32 Å². The van der Waals surface area contributed by atoms with E-state index in [9.17, 15) is 4.79 Å². The molecular formula is C13H11BrClN3O. The van der Waals surface area contributed by atoms with Crippen molar-refractivity contribution in [2.45, 2.75) is 13.3 Å². The fraction of sp³-hybridized carbons (Fsp3) is 0.154. The quantitative estimate of drug-likeness (QED) is 0.867. The van der Waals surface area contributed by atoms with E-state index in [1.165, 1.54) is 0 Å². The number of aromatic nitrogens is 2. The van der Waals surface area contributed by atoms with Crippen molar-refractivity contribution < 1.29 is 4.79 Å². The van der Waals surface area contributed by atoms with Crippen LogP contribution in [-0.4, -0.2) is 15.9 Å². The van der Waals surface area contributed by atoms with Gasteiger partial charge in [0.25, 0.3) is 5.91 Å². The summed E-state index contributed by atoms with van der Waals surface area (Å²) in [6.07, 6.45) is 3.95. The van der Waals surface area contributed by atoms with E-state index in [1.54, 1.807) is 30.6 Å². The Labute approximate surface area is 124 Å². The number of nitrogens with one attached hydrogen (secondary N) is 1. The molecule has 0 aliphatic heterocycles. The third kappa shape index (κ3) is 3.52. The van der Waals surface area contributed by atoms with Gasteiger partial charge in [-0.25, -0.2) is 4.98 Å². The second-order valence-corrected chi connectivity index (χ2v) is 5.07. The molecule has 0 aliphatic carbocycles. The van der Waals surface area contributed by atoms with Gasteiger partial charge in [0.05, 0.1) is 10.2 Å². The molecule has 4 nitrogen and oxygen atoms in total. The first-order valence-electron chi connectivity index (χ1n) is 5.67. The molecule has 2 aromatic rings. The van der Waals surface area contributed by atoms with E-state index in [-0.39, 0.29) is 5.91 Å². The van der Waals surface area contributed by atoms with Crippen molar-refractivity contribution in [3.8, 4) is 0 Å². The molecule has 98 valence electrons. The molecule has 0 aliphatic rings. The number of halogens is 2. The van der Waals surface area contributed by atoms with Gasteiger partial charge in [-0.05, 0) is 40.5 Å². The zero-order valence-electron chi connectivity index (χ0n) is 10.2. The number of pyridine rings is 2. The maximum atomic E-state index is 12.1. The van der Waals surface area contributed by atoms with Gasteiger partial charge in [-0.3, -0.25) is 9.78 Å². The van der Waals surface area contributed by atoms with Crippen LogP contribution in [0.5, 0.6) is 0 Å². The average Bonchev–Trinajstić information content (AvgIpc) is 2.40. The van der Waals surface area contributed by atoms with Gasteiger partial charge in [0.2, 0.25) is 0 Å². The minimum Gasteiger partial charge on any atom is -0.321 e. The van der Waals surface area contributed by atoms with Crippen LogP contribution >= 0.6 is 27.5 Å². The molecule has 1 N–H and O–H groups in total. The molecule has 0 unspecified atom stereocenters. The largest absolute Gasteiger partial charge is 0.321 e. The first kappa shape index (κ1) is 14.0. The van der Waals surface area contributed by atoms with E-state index in [0.717, 1.165) is 16.6 Å². The molecule has 2 rings (SSSR count). The number of hydrogen-bond acceptors (Lipinski definition) is 3. The lowest BCUT2D eigenvalue weighted by Crippen LogP contribution is -2.13. The summed E-state index contributed by atoms with van der Waals surface area (Å²) in [4.78, 5) is 20.2. The van der Waals surface area contributed by atoms with E-state index in [1.807, 2.05) is 6.92 Å². The number of carbonyl (C=O) groups excluding carboxylic acids is 1. The van der Waals surface area contributed by atoms with E-state index < -0.39 is 0 Å². The van der Waals surface area contributed by atoms with Crippen LogP contribution < -0.4 is 5.32 Å². The van der Waals surface area contributed by atoms with Crippen molar-refractivity contribution in [1.29, 1.82) is 0 Å². The van der Waals surface area contributed by atoms with Crippen LogP contribution in [0.4, 0.5) is 5.69 Å². The van der Waals surface area contributed by atoms with Gasteiger partial charge in [-0.1, -0.05) is 18.5 Å². The zero-order chi connectivity index (χ0) is 13.8. The second-order valence-electron chi connectivity index (χ2n) is 3.83. The first-order chi connectivity index (χ1) is 9.10. The Morgan fingerprint density at radius 3 is 2.95 bits per heavy atom. The molecule has 0 bridgehead atoms.